The van der Waals surface area contributed by atoms with E-state index in [1.54, 1.807) is 24.4 Å². The van der Waals surface area contributed by atoms with E-state index in [2.05, 4.69) is 47.3 Å². The maximum absolute atomic E-state index is 13.3. The van der Waals surface area contributed by atoms with Crippen LogP contribution < -0.4 is 20.3 Å². The average Bonchev–Trinajstić information content (AvgIpc) is 2.90. The van der Waals surface area contributed by atoms with E-state index in [9.17, 15) is 9.59 Å². The molecular weight excluding hydrogens is 628 g/mol. The van der Waals surface area contributed by atoms with Gasteiger partial charge in [-0.3, -0.25) is 9.59 Å². The fourth-order valence-corrected chi connectivity index (χ4v) is 4.57. The molecule has 1 amide bonds. The molecule has 0 spiro atoms. The lowest BCUT2D eigenvalue weighted by molar-refractivity contribution is -0.118. The summed E-state index contributed by atoms with van der Waals surface area (Å²) in [7, 11) is 0. The smallest absolute Gasteiger partial charge is 0.282 e. The molecule has 0 aliphatic heterocycles. The molecule has 0 bridgehead atoms. The topological polar surface area (TPSA) is 94.8 Å². The summed E-state index contributed by atoms with van der Waals surface area (Å²) in [5.74, 6) is 1.07. The van der Waals surface area contributed by atoms with E-state index >= 15 is 0 Å². The SMILES string of the molecule is CCOc1cc(C=Nn2c(C(C)C)nc3ccc(Br)cc3c2=O)c(Br)cc1OCC(=O)Nc1ccc(C)cc1. The van der Waals surface area contributed by atoms with Gasteiger partial charge in [0.2, 0.25) is 0 Å². The third-order valence-corrected chi connectivity index (χ3v) is 6.90. The number of benzene rings is 3. The first-order chi connectivity index (χ1) is 18.7. The Hall–Kier alpha value is -3.50. The van der Waals surface area contributed by atoms with Gasteiger partial charge in [0.25, 0.3) is 11.5 Å². The van der Waals surface area contributed by atoms with Gasteiger partial charge in [-0.05, 0) is 72.2 Å². The van der Waals surface area contributed by atoms with Gasteiger partial charge < -0.3 is 14.8 Å². The molecule has 0 fully saturated rings. The van der Waals surface area contributed by atoms with E-state index in [0.717, 1.165) is 10.0 Å². The number of carbonyl (C=O) groups excluding carboxylic acids is 1. The Morgan fingerprint density at radius 1 is 1.08 bits per heavy atom. The number of aryl methyl sites for hydroxylation is 1. The minimum atomic E-state index is -0.293. The van der Waals surface area contributed by atoms with E-state index < -0.39 is 0 Å². The number of aromatic nitrogens is 2. The van der Waals surface area contributed by atoms with Gasteiger partial charge >= 0.3 is 0 Å². The quantitative estimate of drug-likeness (QED) is 0.204. The first kappa shape index (κ1) is 28.5. The average molecular weight is 656 g/mol. The number of amides is 1. The summed E-state index contributed by atoms with van der Waals surface area (Å²) in [6.07, 6.45) is 1.57. The standard InChI is InChI=1S/C29H28Br2N4O4/c1-5-38-25-12-19(23(31)14-26(25)39-16-27(36)33-21-9-6-18(4)7-10-21)15-32-35-28(17(2)3)34-24-11-8-20(30)13-22(24)29(35)37/h6-15,17H,5,16H2,1-4H3,(H,33,36). The number of nitrogens with zero attached hydrogens (tertiary/aromatic N) is 3. The normalized spacial score (nSPS) is 11.4. The molecule has 0 aliphatic rings. The van der Waals surface area contributed by atoms with Gasteiger partial charge in [-0.1, -0.05) is 47.5 Å². The Labute approximate surface area is 243 Å². The van der Waals surface area contributed by atoms with Crippen LogP contribution in [-0.2, 0) is 4.79 Å². The van der Waals surface area contributed by atoms with Crippen LogP contribution in [-0.4, -0.2) is 35.0 Å². The minimum absolute atomic E-state index is 0.0350. The molecule has 0 radical (unpaired) electrons. The Morgan fingerprint density at radius 3 is 2.49 bits per heavy atom. The molecule has 10 heteroatoms. The van der Waals surface area contributed by atoms with Crippen LogP contribution in [0.1, 0.15) is 43.6 Å². The predicted octanol–water partition coefficient (Wildman–Crippen LogP) is 6.65. The van der Waals surface area contributed by atoms with Crippen molar-refractivity contribution in [2.24, 2.45) is 5.10 Å². The molecule has 0 unspecified atom stereocenters. The molecule has 1 heterocycles. The van der Waals surface area contributed by atoms with Crippen molar-refractivity contribution in [1.29, 1.82) is 0 Å². The molecule has 3 aromatic carbocycles. The summed E-state index contributed by atoms with van der Waals surface area (Å²) in [5.41, 5.74) is 2.81. The van der Waals surface area contributed by atoms with Crippen LogP contribution in [0, 0.1) is 6.92 Å². The summed E-state index contributed by atoms with van der Waals surface area (Å²) in [6, 6.07) is 16.4. The zero-order valence-corrected chi connectivity index (χ0v) is 25.2. The van der Waals surface area contributed by atoms with Crippen LogP contribution >= 0.6 is 31.9 Å². The van der Waals surface area contributed by atoms with Gasteiger partial charge in [0.15, 0.2) is 18.1 Å². The second kappa shape index (κ2) is 12.6. The largest absolute Gasteiger partial charge is 0.490 e. The van der Waals surface area contributed by atoms with Gasteiger partial charge in [0.05, 0.1) is 23.7 Å². The van der Waals surface area contributed by atoms with Crippen molar-refractivity contribution in [2.75, 3.05) is 18.5 Å². The second-order valence-electron chi connectivity index (χ2n) is 9.10. The van der Waals surface area contributed by atoms with E-state index in [4.69, 9.17) is 9.47 Å². The van der Waals surface area contributed by atoms with Gasteiger partial charge in [0.1, 0.15) is 5.82 Å². The molecule has 4 rings (SSSR count). The van der Waals surface area contributed by atoms with E-state index in [1.807, 2.05) is 64.1 Å². The van der Waals surface area contributed by atoms with E-state index in [-0.39, 0.29) is 24.0 Å². The van der Waals surface area contributed by atoms with Crippen LogP contribution in [0.15, 0.2) is 73.4 Å². The Kier molecular flexibility index (Phi) is 9.19. The molecule has 0 saturated carbocycles. The van der Waals surface area contributed by atoms with Crippen molar-refractivity contribution in [1.82, 2.24) is 9.66 Å². The van der Waals surface area contributed by atoms with E-state index in [1.165, 1.54) is 4.68 Å². The highest BCUT2D eigenvalue weighted by atomic mass is 79.9. The molecular formula is C29H28Br2N4O4. The van der Waals surface area contributed by atoms with Crippen molar-refractivity contribution >= 4 is 60.6 Å². The number of hydrogen-bond donors (Lipinski definition) is 1. The molecule has 0 saturated heterocycles. The number of nitrogens with one attached hydrogen (secondary N) is 1. The van der Waals surface area contributed by atoms with Crippen molar-refractivity contribution < 1.29 is 14.3 Å². The van der Waals surface area contributed by atoms with Crippen molar-refractivity contribution in [3.63, 3.8) is 0 Å². The second-order valence-corrected chi connectivity index (χ2v) is 10.9. The van der Waals surface area contributed by atoms with Gasteiger partial charge in [-0.25, -0.2) is 4.98 Å². The lowest BCUT2D eigenvalue weighted by Crippen LogP contribution is -2.23. The first-order valence-corrected chi connectivity index (χ1v) is 14.0. The fourth-order valence-electron chi connectivity index (χ4n) is 3.78. The van der Waals surface area contributed by atoms with Crippen molar-refractivity contribution in [3.8, 4) is 11.5 Å². The van der Waals surface area contributed by atoms with Gasteiger partial charge in [-0.2, -0.15) is 9.78 Å². The van der Waals surface area contributed by atoms with Crippen LogP contribution in [0.2, 0.25) is 0 Å². The zero-order chi connectivity index (χ0) is 28.1. The number of anilines is 1. The van der Waals surface area contributed by atoms with Gasteiger partial charge in [0, 0.05) is 26.1 Å². The number of hydrogen-bond acceptors (Lipinski definition) is 6. The van der Waals surface area contributed by atoms with Crippen LogP contribution in [0.5, 0.6) is 11.5 Å². The van der Waals surface area contributed by atoms with Gasteiger partial charge in [-0.15, -0.1) is 0 Å². The molecule has 39 heavy (non-hydrogen) atoms. The number of fused-ring (bicyclic) bond motifs is 1. The van der Waals surface area contributed by atoms with Crippen molar-refractivity contribution in [3.05, 3.63) is 90.8 Å². The number of ether oxygens (including phenoxy) is 2. The van der Waals surface area contributed by atoms with Crippen molar-refractivity contribution in [2.45, 2.75) is 33.6 Å². The summed E-state index contributed by atoms with van der Waals surface area (Å²) >= 11 is 6.97. The Balaban J connectivity index is 1.61. The number of carbonyl (C=O) groups is 1. The monoisotopic (exact) mass is 654 g/mol. The maximum Gasteiger partial charge on any atom is 0.282 e. The lowest BCUT2D eigenvalue weighted by atomic mass is 10.2. The third-order valence-electron chi connectivity index (χ3n) is 5.72. The van der Waals surface area contributed by atoms with Crippen LogP contribution in [0.3, 0.4) is 0 Å². The maximum atomic E-state index is 13.3. The molecule has 1 aromatic heterocycles. The molecule has 0 aliphatic carbocycles. The number of halogens is 2. The highest BCUT2D eigenvalue weighted by Gasteiger charge is 2.15. The highest BCUT2D eigenvalue weighted by molar-refractivity contribution is 9.10. The minimum Gasteiger partial charge on any atom is -0.490 e. The molecule has 0 atom stereocenters. The summed E-state index contributed by atoms with van der Waals surface area (Å²) in [4.78, 5) is 30.4. The molecule has 8 nitrogen and oxygen atoms in total. The van der Waals surface area contributed by atoms with E-state index in [0.29, 0.717) is 50.6 Å². The molecule has 202 valence electrons. The highest BCUT2D eigenvalue weighted by Crippen LogP contribution is 2.33. The summed E-state index contributed by atoms with van der Waals surface area (Å²) in [5, 5.41) is 7.78. The lowest BCUT2D eigenvalue weighted by Gasteiger charge is -2.14. The fraction of sp³-hybridized carbons (Fsp3) is 0.241. The number of rotatable bonds is 9. The summed E-state index contributed by atoms with van der Waals surface area (Å²) < 4.78 is 14.3. The Bertz CT molecular complexity index is 1600. The Morgan fingerprint density at radius 2 is 1.79 bits per heavy atom. The van der Waals surface area contributed by atoms with Crippen LogP contribution in [0.4, 0.5) is 5.69 Å². The zero-order valence-electron chi connectivity index (χ0n) is 22.0. The third kappa shape index (κ3) is 6.93. The molecule has 4 aromatic rings. The van der Waals surface area contributed by atoms with Crippen LogP contribution in [0.25, 0.3) is 10.9 Å². The molecule has 1 N–H and O–H groups in total. The summed E-state index contributed by atoms with van der Waals surface area (Å²) in [6.45, 7) is 7.96. The first-order valence-electron chi connectivity index (χ1n) is 12.4. The predicted molar refractivity (Wildman–Crippen MR) is 161 cm³/mol.